The van der Waals surface area contributed by atoms with E-state index >= 15 is 0 Å². The highest BCUT2D eigenvalue weighted by molar-refractivity contribution is 6.01. The first-order valence-electron chi connectivity index (χ1n) is 9.80. The van der Waals surface area contributed by atoms with E-state index in [-0.39, 0.29) is 17.8 Å². The molecule has 0 bridgehead atoms. The van der Waals surface area contributed by atoms with Gasteiger partial charge in [0.15, 0.2) is 0 Å². The van der Waals surface area contributed by atoms with Gasteiger partial charge in [0.05, 0.1) is 12.0 Å². The summed E-state index contributed by atoms with van der Waals surface area (Å²) in [5.41, 5.74) is 4.21. The van der Waals surface area contributed by atoms with Crippen molar-refractivity contribution in [3.63, 3.8) is 0 Å². The van der Waals surface area contributed by atoms with Crippen LogP contribution in [0.5, 0.6) is 5.75 Å². The molecule has 1 heterocycles. The lowest BCUT2D eigenvalue weighted by Gasteiger charge is -2.10. The normalized spacial score (nSPS) is 11.0. The Balaban J connectivity index is 1.78. The summed E-state index contributed by atoms with van der Waals surface area (Å²) in [6.07, 6.45) is 1.56. The molecule has 0 radical (unpaired) electrons. The molecule has 8 nitrogen and oxygen atoms in total. The fraction of sp³-hybridized carbons (Fsp3) is 0.167. The number of methoxy groups -OCH3 is 1. The predicted molar refractivity (Wildman–Crippen MR) is 120 cm³/mol. The second-order valence-corrected chi connectivity index (χ2v) is 7.14. The van der Waals surface area contributed by atoms with E-state index in [1.807, 2.05) is 54.8 Å². The summed E-state index contributed by atoms with van der Waals surface area (Å²) in [6, 6.07) is 17.4. The number of carbonyl (C=O) groups excluding carboxylic acids is 1. The molecule has 0 aliphatic heterocycles. The molecule has 32 heavy (non-hydrogen) atoms. The molecule has 0 spiro atoms. The first-order chi connectivity index (χ1) is 15.3. The molecule has 0 aliphatic carbocycles. The van der Waals surface area contributed by atoms with Crippen LogP contribution in [0.4, 0.5) is 5.69 Å². The van der Waals surface area contributed by atoms with Gasteiger partial charge in [-0.25, -0.2) is 0 Å². The molecule has 0 atom stereocenters. The van der Waals surface area contributed by atoms with Crippen molar-refractivity contribution in [2.75, 3.05) is 7.11 Å². The summed E-state index contributed by atoms with van der Waals surface area (Å²) >= 11 is 0. The van der Waals surface area contributed by atoms with Crippen LogP contribution in [0.15, 0.2) is 60.2 Å². The molecular weight excluding hydrogens is 408 g/mol. The summed E-state index contributed by atoms with van der Waals surface area (Å²) in [5.74, 6) is 0.243. The molecule has 2 aromatic carbocycles. The summed E-state index contributed by atoms with van der Waals surface area (Å²) in [7, 11) is 1.61. The van der Waals surface area contributed by atoms with E-state index in [9.17, 15) is 20.2 Å². The number of benzene rings is 2. The van der Waals surface area contributed by atoms with Crippen LogP contribution in [0.2, 0.25) is 0 Å². The lowest BCUT2D eigenvalue weighted by Crippen LogP contribution is -2.23. The molecule has 162 valence electrons. The zero-order valence-electron chi connectivity index (χ0n) is 18.0. The van der Waals surface area contributed by atoms with Crippen LogP contribution in [0.25, 0.3) is 11.8 Å². The third-order valence-corrected chi connectivity index (χ3v) is 5.07. The molecule has 1 aromatic heterocycles. The van der Waals surface area contributed by atoms with E-state index in [1.165, 1.54) is 12.1 Å². The molecule has 0 saturated carbocycles. The van der Waals surface area contributed by atoms with E-state index in [1.54, 1.807) is 25.3 Å². The number of amides is 1. The van der Waals surface area contributed by atoms with Crippen molar-refractivity contribution in [2.24, 2.45) is 0 Å². The second-order valence-electron chi connectivity index (χ2n) is 7.14. The number of ether oxygens (including phenoxy) is 1. The third kappa shape index (κ3) is 4.84. The number of nitro benzene ring substituents is 1. The van der Waals surface area contributed by atoms with Gasteiger partial charge in [-0.05, 0) is 61.4 Å². The first-order valence-corrected chi connectivity index (χ1v) is 9.80. The van der Waals surface area contributed by atoms with Gasteiger partial charge < -0.3 is 14.6 Å². The zero-order chi connectivity index (χ0) is 23.3. The van der Waals surface area contributed by atoms with Gasteiger partial charge in [0.25, 0.3) is 11.6 Å². The minimum absolute atomic E-state index is 0.0232. The number of hydrogen-bond donors (Lipinski definition) is 1. The van der Waals surface area contributed by atoms with Crippen molar-refractivity contribution in [2.45, 2.75) is 20.4 Å². The average molecular weight is 430 g/mol. The number of nitrogens with zero attached hydrogens (tertiary/aromatic N) is 3. The van der Waals surface area contributed by atoms with Crippen LogP contribution in [-0.2, 0) is 11.3 Å². The van der Waals surface area contributed by atoms with E-state index in [0.29, 0.717) is 5.56 Å². The van der Waals surface area contributed by atoms with Gasteiger partial charge in [0.1, 0.15) is 17.4 Å². The van der Waals surface area contributed by atoms with Crippen molar-refractivity contribution >= 4 is 17.7 Å². The van der Waals surface area contributed by atoms with Crippen LogP contribution in [0.3, 0.4) is 0 Å². The van der Waals surface area contributed by atoms with Gasteiger partial charge in [-0.1, -0.05) is 12.1 Å². The Kier molecular flexibility index (Phi) is 6.71. The summed E-state index contributed by atoms with van der Waals surface area (Å²) < 4.78 is 7.24. The van der Waals surface area contributed by atoms with E-state index in [2.05, 4.69) is 5.32 Å². The number of rotatable bonds is 7. The molecule has 3 rings (SSSR count). The smallest absolute Gasteiger partial charge is 0.269 e. The summed E-state index contributed by atoms with van der Waals surface area (Å²) in [6.45, 7) is 4.03. The predicted octanol–water partition coefficient (Wildman–Crippen LogP) is 4.23. The standard InChI is InChI=1S/C24H22N4O4/c1-16-12-19(17(2)27(16)21-8-10-23(32-3)11-9-21)13-20(14-25)24(29)26-15-18-4-6-22(7-5-18)28(30)31/h4-13H,15H2,1-3H3,(H,26,29)/b20-13-. The Morgan fingerprint density at radius 2 is 1.84 bits per heavy atom. The second kappa shape index (κ2) is 9.62. The van der Waals surface area contributed by atoms with Crippen molar-refractivity contribution in [1.29, 1.82) is 5.26 Å². The molecule has 8 heteroatoms. The van der Waals surface area contributed by atoms with Crippen LogP contribution in [0, 0.1) is 35.3 Å². The Morgan fingerprint density at radius 3 is 2.41 bits per heavy atom. The van der Waals surface area contributed by atoms with Gasteiger partial charge in [-0.15, -0.1) is 0 Å². The Morgan fingerprint density at radius 1 is 1.19 bits per heavy atom. The van der Waals surface area contributed by atoms with Crippen LogP contribution < -0.4 is 10.1 Å². The lowest BCUT2D eigenvalue weighted by molar-refractivity contribution is -0.384. The molecular formula is C24H22N4O4. The number of nitro groups is 1. The van der Waals surface area contributed by atoms with Gasteiger partial charge >= 0.3 is 0 Å². The summed E-state index contributed by atoms with van der Waals surface area (Å²) in [4.78, 5) is 22.8. The number of aryl methyl sites for hydroxylation is 1. The van der Waals surface area contributed by atoms with Crippen molar-refractivity contribution in [3.05, 3.63) is 92.8 Å². The van der Waals surface area contributed by atoms with Crippen LogP contribution in [-0.4, -0.2) is 22.5 Å². The topological polar surface area (TPSA) is 110 Å². The highest BCUT2D eigenvalue weighted by Crippen LogP contribution is 2.24. The molecule has 0 aliphatic rings. The van der Waals surface area contributed by atoms with Gasteiger partial charge in [-0.3, -0.25) is 14.9 Å². The Labute approximate surface area is 185 Å². The Bertz CT molecular complexity index is 1220. The minimum Gasteiger partial charge on any atom is -0.497 e. The lowest BCUT2D eigenvalue weighted by atomic mass is 10.1. The number of hydrogen-bond acceptors (Lipinski definition) is 5. The molecule has 3 aromatic rings. The molecule has 0 fully saturated rings. The molecule has 1 N–H and O–H groups in total. The SMILES string of the molecule is COc1ccc(-n2c(C)cc(/C=C(/C#N)C(=O)NCc3ccc([N+](=O)[O-])cc3)c2C)cc1. The van der Waals surface area contributed by atoms with Gasteiger partial charge in [0, 0.05) is 35.8 Å². The van der Waals surface area contributed by atoms with E-state index < -0.39 is 10.8 Å². The number of aromatic nitrogens is 1. The van der Waals surface area contributed by atoms with E-state index in [4.69, 9.17) is 4.74 Å². The highest BCUT2D eigenvalue weighted by atomic mass is 16.6. The summed E-state index contributed by atoms with van der Waals surface area (Å²) in [5, 5.41) is 22.9. The Hall–Kier alpha value is -4.38. The van der Waals surface area contributed by atoms with Crippen LogP contribution >= 0.6 is 0 Å². The van der Waals surface area contributed by atoms with Crippen molar-refractivity contribution in [3.8, 4) is 17.5 Å². The molecule has 0 unspecified atom stereocenters. The fourth-order valence-electron chi connectivity index (χ4n) is 3.38. The monoisotopic (exact) mass is 430 g/mol. The maximum Gasteiger partial charge on any atom is 0.269 e. The first kappa shape index (κ1) is 22.3. The van der Waals surface area contributed by atoms with Gasteiger partial charge in [-0.2, -0.15) is 5.26 Å². The molecule has 1 amide bonds. The highest BCUT2D eigenvalue weighted by Gasteiger charge is 2.14. The van der Waals surface area contributed by atoms with Crippen LogP contribution in [0.1, 0.15) is 22.5 Å². The maximum absolute atomic E-state index is 12.5. The number of non-ortho nitro benzene ring substituents is 1. The quantitative estimate of drug-likeness (QED) is 0.261. The van der Waals surface area contributed by atoms with Crippen molar-refractivity contribution < 1.29 is 14.5 Å². The number of nitrogens with one attached hydrogen (secondary N) is 1. The van der Waals surface area contributed by atoms with Gasteiger partial charge in [0.2, 0.25) is 0 Å². The fourth-order valence-corrected chi connectivity index (χ4v) is 3.38. The average Bonchev–Trinajstić information content (AvgIpc) is 3.08. The minimum atomic E-state index is -0.514. The number of carbonyl (C=O) groups is 1. The maximum atomic E-state index is 12.5. The van der Waals surface area contributed by atoms with E-state index in [0.717, 1.165) is 28.4 Å². The zero-order valence-corrected chi connectivity index (χ0v) is 18.0. The third-order valence-electron chi connectivity index (χ3n) is 5.07. The van der Waals surface area contributed by atoms with Crippen molar-refractivity contribution in [1.82, 2.24) is 9.88 Å². The largest absolute Gasteiger partial charge is 0.497 e. The molecule has 0 saturated heterocycles. The number of nitriles is 1.